The molecule has 0 bridgehead atoms. The van der Waals surface area contributed by atoms with Crippen LogP contribution in [0.1, 0.15) is 11.1 Å². The van der Waals surface area contributed by atoms with Gasteiger partial charge in [-0.1, -0.05) is 72.4 Å². The number of para-hydroxylation sites is 1. The Bertz CT molecular complexity index is 1020. The lowest BCUT2D eigenvalue weighted by Gasteiger charge is -2.19. The first-order chi connectivity index (χ1) is 11.8. The van der Waals surface area contributed by atoms with Crippen molar-refractivity contribution in [2.75, 3.05) is 5.32 Å². The Kier molecular flexibility index (Phi) is 2.76. The van der Waals surface area contributed by atoms with E-state index < -0.39 is 4.87 Å². The Hall–Kier alpha value is -2.79. The first-order valence-electron chi connectivity index (χ1n) is 7.71. The summed E-state index contributed by atoms with van der Waals surface area (Å²) in [6.07, 6.45) is 0. The highest BCUT2D eigenvalue weighted by Crippen LogP contribution is 2.48. The van der Waals surface area contributed by atoms with Gasteiger partial charge in [0.2, 0.25) is 4.87 Å². The number of carbonyl (C=O) groups is 1. The molecule has 0 radical (unpaired) electrons. The normalized spacial score (nSPS) is 21.5. The van der Waals surface area contributed by atoms with E-state index in [-0.39, 0.29) is 5.91 Å². The van der Waals surface area contributed by atoms with E-state index in [0.29, 0.717) is 0 Å². The molecule has 1 spiro atoms. The zero-order chi connectivity index (χ0) is 16.1. The third kappa shape index (κ3) is 1.76. The zero-order valence-electron chi connectivity index (χ0n) is 12.6. The average molecular weight is 331 g/mol. The number of hydrazone groups is 1. The molecule has 0 fully saturated rings. The number of amides is 1. The van der Waals surface area contributed by atoms with E-state index in [1.54, 1.807) is 0 Å². The number of rotatable bonds is 1. The van der Waals surface area contributed by atoms with Crippen molar-refractivity contribution in [2.24, 2.45) is 5.10 Å². The van der Waals surface area contributed by atoms with E-state index in [1.165, 1.54) is 11.8 Å². The van der Waals surface area contributed by atoms with Crippen LogP contribution in [0.4, 0.5) is 5.69 Å². The summed E-state index contributed by atoms with van der Waals surface area (Å²) in [5.74, 6) is -0.0762. The van der Waals surface area contributed by atoms with Gasteiger partial charge in [-0.2, -0.15) is 5.10 Å². The summed E-state index contributed by atoms with van der Waals surface area (Å²) >= 11 is 1.47. The van der Waals surface area contributed by atoms with Crippen molar-refractivity contribution in [3.63, 3.8) is 0 Å². The predicted octanol–water partition coefficient (Wildman–Crippen LogP) is 3.64. The largest absolute Gasteiger partial charge is 0.323 e. The number of hydrogen-bond donors (Lipinski definition) is 2. The standard InChI is InChI=1S/C19H13N3OS/c23-18-19(15-10-3-4-11-16(15)20-18)22-21-17(24-19)14-9-5-7-12-6-1-2-8-13(12)14/h1-11,22H,(H,20,23)/t19-/m0/s1. The molecule has 0 aliphatic carbocycles. The third-order valence-electron chi connectivity index (χ3n) is 4.46. The number of thioether (sulfide) groups is 1. The Morgan fingerprint density at radius 2 is 1.71 bits per heavy atom. The predicted molar refractivity (Wildman–Crippen MR) is 98.0 cm³/mol. The second-order valence-electron chi connectivity index (χ2n) is 5.84. The van der Waals surface area contributed by atoms with Crippen molar-refractivity contribution in [3.05, 3.63) is 77.9 Å². The maximum atomic E-state index is 12.6. The molecule has 0 saturated carbocycles. The van der Waals surface area contributed by atoms with Crippen LogP contribution in [0.15, 0.2) is 71.8 Å². The summed E-state index contributed by atoms with van der Waals surface area (Å²) in [6.45, 7) is 0. The van der Waals surface area contributed by atoms with Gasteiger partial charge in [-0.3, -0.25) is 10.2 Å². The smallest absolute Gasteiger partial charge is 0.267 e. The fourth-order valence-corrected chi connectivity index (χ4v) is 4.48. The van der Waals surface area contributed by atoms with Gasteiger partial charge in [0.1, 0.15) is 5.04 Å². The van der Waals surface area contributed by atoms with Gasteiger partial charge in [-0.25, -0.2) is 0 Å². The molecule has 0 unspecified atom stereocenters. The van der Waals surface area contributed by atoms with Crippen LogP contribution in [0.25, 0.3) is 10.8 Å². The molecule has 24 heavy (non-hydrogen) atoms. The molecule has 1 amide bonds. The van der Waals surface area contributed by atoms with Crippen molar-refractivity contribution in [1.29, 1.82) is 0 Å². The van der Waals surface area contributed by atoms with Gasteiger partial charge >= 0.3 is 0 Å². The van der Waals surface area contributed by atoms with E-state index >= 15 is 0 Å². The summed E-state index contributed by atoms with van der Waals surface area (Å²) in [7, 11) is 0. The first kappa shape index (κ1) is 13.6. The average Bonchev–Trinajstić information content (AvgIpc) is 3.18. The highest BCUT2D eigenvalue weighted by molar-refractivity contribution is 8.16. The van der Waals surface area contributed by atoms with Gasteiger partial charge < -0.3 is 5.32 Å². The number of nitrogens with zero attached hydrogens (tertiary/aromatic N) is 1. The summed E-state index contributed by atoms with van der Waals surface area (Å²) in [6, 6.07) is 22.1. The van der Waals surface area contributed by atoms with Gasteiger partial charge in [0, 0.05) is 16.8 Å². The maximum absolute atomic E-state index is 12.6. The molecule has 4 nitrogen and oxygen atoms in total. The van der Waals surface area contributed by atoms with E-state index in [1.807, 2.05) is 48.5 Å². The van der Waals surface area contributed by atoms with Gasteiger partial charge in [0.15, 0.2) is 0 Å². The molecule has 5 rings (SSSR count). The molecule has 0 saturated heterocycles. The van der Waals surface area contributed by atoms with E-state index in [9.17, 15) is 4.79 Å². The molecule has 0 aromatic heterocycles. The zero-order valence-corrected chi connectivity index (χ0v) is 13.4. The Balaban J connectivity index is 1.61. The number of hydrogen-bond acceptors (Lipinski definition) is 4. The molecular weight excluding hydrogens is 318 g/mol. The molecular formula is C19H13N3OS. The van der Waals surface area contributed by atoms with E-state index in [4.69, 9.17) is 0 Å². The van der Waals surface area contributed by atoms with Crippen molar-refractivity contribution >= 4 is 39.2 Å². The monoisotopic (exact) mass is 331 g/mol. The minimum Gasteiger partial charge on any atom is -0.323 e. The van der Waals surface area contributed by atoms with E-state index in [0.717, 1.165) is 32.6 Å². The van der Waals surface area contributed by atoms with Gasteiger partial charge in [-0.05, 0) is 16.8 Å². The molecule has 2 aliphatic rings. The molecule has 2 aliphatic heterocycles. The van der Waals surface area contributed by atoms with Crippen LogP contribution in [-0.4, -0.2) is 11.0 Å². The van der Waals surface area contributed by atoms with Crippen LogP contribution >= 0.6 is 11.8 Å². The number of anilines is 1. The fraction of sp³-hybridized carbons (Fsp3) is 0.0526. The number of fused-ring (bicyclic) bond motifs is 3. The van der Waals surface area contributed by atoms with Crippen molar-refractivity contribution in [2.45, 2.75) is 4.87 Å². The van der Waals surface area contributed by atoms with Gasteiger partial charge in [-0.15, -0.1) is 0 Å². The Morgan fingerprint density at radius 3 is 2.67 bits per heavy atom. The topological polar surface area (TPSA) is 53.5 Å². The first-order valence-corrected chi connectivity index (χ1v) is 8.52. The number of nitrogens with one attached hydrogen (secondary N) is 2. The lowest BCUT2D eigenvalue weighted by molar-refractivity contribution is -0.118. The molecule has 1 atom stereocenters. The summed E-state index contributed by atoms with van der Waals surface area (Å²) in [4.78, 5) is 11.8. The molecule has 116 valence electrons. The molecule has 2 heterocycles. The van der Waals surface area contributed by atoms with Crippen molar-refractivity contribution < 1.29 is 4.79 Å². The number of benzene rings is 3. The summed E-state index contributed by atoms with van der Waals surface area (Å²) in [5.41, 5.74) is 5.91. The molecule has 3 aromatic carbocycles. The van der Waals surface area contributed by atoms with Crippen molar-refractivity contribution in [3.8, 4) is 0 Å². The summed E-state index contributed by atoms with van der Waals surface area (Å²) in [5, 5.41) is 10.6. The quantitative estimate of drug-likeness (QED) is 0.716. The maximum Gasteiger partial charge on any atom is 0.267 e. The SMILES string of the molecule is O=C1Nc2ccccc2[C@@]12NN=C(c1cccc3ccccc13)S2. The third-order valence-corrected chi connectivity index (χ3v) is 5.77. The van der Waals surface area contributed by atoms with Crippen LogP contribution < -0.4 is 10.7 Å². The molecule has 2 N–H and O–H groups in total. The van der Waals surface area contributed by atoms with Crippen molar-refractivity contribution in [1.82, 2.24) is 5.43 Å². The van der Waals surface area contributed by atoms with Crippen LogP contribution in [0.3, 0.4) is 0 Å². The van der Waals surface area contributed by atoms with Gasteiger partial charge in [0.25, 0.3) is 5.91 Å². The highest BCUT2D eigenvalue weighted by atomic mass is 32.2. The van der Waals surface area contributed by atoms with E-state index in [2.05, 4.69) is 34.0 Å². The van der Waals surface area contributed by atoms with Crippen LogP contribution in [0.5, 0.6) is 0 Å². The molecule has 3 aromatic rings. The van der Waals surface area contributed by atoms with Crippen LogP contribution in [0, 0.1) is 0 Å². The lowest BCUT2D eigenvalue weighted by atomic mass is 10.1. The van der Waals surface area contributed by atoms with Gasteiger partial charge in [0.05, 0.1) is 0 Å². The second-order valence-corrected chi connectivity index (χ2v) is 7.04. The number of carbonyl (C=O) groups excluding carboxylic acids is 1. The van der Waals surface area contributed by atoms with Crippen LogP contribution in [-0.2, 0) is 9.67 Å². The Labute approximate surface area is 143 Å². The van der Waals surface area contributed by atoms with Crippen LogP contribution in [0.2, 0.25) is 0 Å². The minimum atomic E-state index is -0.872. The minimum absolute atomic E-state index is 0.0762. The second kappa shape index (κ2) is 4.85. The molecule has 5 heteroatoms. The fourth-order valence-electron chi connectivity index (χ4n) is 3.29. The highest BCUT2D eigenvalue weighted by Gasteiger charge is 2.51. The Morgan fingerprint density at radius 1 is 0.917 bits per heavy atom. The lowest BCUT2D eigenvalue weighted by Crippen LogP contribution is -2.39. The summed E-state index contributed by atoms with van der Waals surface area (Å²) < 4.78 is 0.